The number of carboxylic acids is 1. The highest BCUT2D eigenvalue weighted by Crippen LogP contribution is 2.49. The second kappa shape index (κ2) is 6.93. The SMILES string of the molecule is CCOC1(c2ccc3c(C(=O)N(CC(=O)O)C(C)(C)C)ccnc3c2)CC1. The predicted molar refractivity (Wildman–Crippen MR) is 103 cm³/mol. The van der Waals surface area contributed by atoms with Crippen LogP contribution in [0.25, 0.3) is 10.9 Å². The molecule has 1 aliphatic rings. The first-order valence-corrected chi connectivity index (χ1v) is 9.25. The quantitative estimate of drug-likeness (QED) is 0.841. The number of benzene rings is 1. The second-order valence-corrected chi connectivity index (χ2v) is 7.97. The van der Waals surface area contributed by atoms with Gasteiger partial charge in [0.05, 0.1) is 16.7 Å². The molecule has 0 atom stereocenters. The largest absolute Gasteiger partial charge is 0.480 e. The molecule has 1 N–H and O–H groups in total. The third-order valence-electron chi connectivity index (χ3n) is 4.97. The van der Waals surface area contributed by atoms with Crippen molar-refractivity contribution in [2.75, 3.05) is 13.2 Å². The van der Waals surface area contributed by atoms with Crippen LogP contribution in [0.1, 0.15) is 56.5 Å². The smallest absolute Gasteiger partial charge is 0.323 e. The topological polar surface area (TPSA) is 79.7 Å². The molecule has 1 aromatic carbocycles. The van der Waals surface area contributed by atoms with E-state index in [4.69, 9.17) is 4.74 Å². The monoisotopic (exact) mass is 370 g/mol. The van der Waals surface area contributed by atoms with Crippen molar-refractivity contribution in [1.82, 2.24) is 9.88 Å². The van der Waals surface area contributed by atoms with Crippen molar-refractivity contribution in [3.8, 4) is 0 Å². The average Bonchev–Trinajstić information content (AvgIpc) is 3.38. The minimum Gasteiger partial charge on any atom is -0.480 e. The number of carbonyl (C=O) groups is 2. The molecule has 27 heavy (non-hydrogen) atoms. The Labute approximate surface area is 159 Å². The highest BCUT2D eigenvalue weighted by molar-refractivity contribution is 6.07. The predicted octanol–water partition coefficient (Wildman–Crippen LogP) is 3.59. The Kier molecular flexibility index (Phi) is 4.95. The first-order chi connectivity index (χ1) is 12.7. The fraction of sp³-hybridized carbons (Fsp3) is 0.476. The molecule has 1 aliphatic carbocycles. The summed E-state index contributed by atoms with van der Waals surface area (Å²) in [6.45, 7) is 7.77. The molecule has 1 aromatic heterocycles. The van der Waals surface area contributed by atoms with Gasteiger partial charge in [0.15, 0.2) is 0 Å². The summed E-state index contributed by atoms with van der Waals surface area (Å²) in [5, 5.41) is 9.94. The van der Waals surface area contributed by atoms with Crippen LogP contribution < -0.4 is 0 Å². The van der Waals surface area contributed by atoms with Gasteiger partial charge in [0.2, 0.25) is 0 Å². The van der Waals surface area contributed by atoms with E-state index in [0.29, 0.717) is 17.7 Å². The minimum absolute atomic E-state index is 0.217. The lowest BCUT2D eigenvalue weighted by Gasteiger charge is -2.34. The van der Waals surface area contributed by atoms with Crippen LogP contribution in [0.5, 0.6) is 0 Å². The Morgan fingerprint density at radius 2 is 1.96 bits per heavy atom. The summed E-state index contributed by atoms with van der Waals surface area (Å²) < 4.78 is 5.91. The highest BCUT2D eigenvalue weighted by atomic mass is 16.5. The Balaban J connectivity index is 2.02. The Bertz CT molecular complexity index is 881. The number of carbonyl (C=O) groups excluding carboxylic acids is 1. The van der Waals surface area contributed by atoms with Gasteiger partial charge in [-0.1, -0.05) is 12.1 Å². The van der Waals surface area contributed by atoms with Gasteiger partial charge in [-0.15, -0.1) is 0 Å². The van der Waals surface area contributed by atoms with Crippen molar-refractivity contribution in [2.24, 2.45) is 0 Å². The summed E-state index contributed by atoms with van der Waals surface area (Å²) in [5.41, 5.74) is 1.42. The first kappa shape index (κ1) is 19.3. The molecule has 1 saturated carbocycles. The summed E-state index contributed by atoms with van der Waals surface area (Å²) in [7, 11) is 0. The van der Waals surface area contributed by atoms with Crippen LogP contribution in [-0.2, 0) is 15.1 Å². The molecular weight excluding hydrogens is 344 g/mol. The van der Waals surface area contributed by atoms with Crippen molar-refractivity contribution in [3.63, 3.8) is 0 Å². The molecular formula is C21H26N2O4. The fourth-order valence-electron chi connectivity index (χ4n) is 3.42. The van der Waals surface area contributed by atoms with Crippen LogP contribution >= 0.6 is 0 Å². The van der Waals surface area contributed by atoms with E-state index in [1.807, 2.05) is 45.9 Å². The molecule has 0 saturated heterocycles. The van der Waals surface area contributed by atoms with Gasteiger partial charge in [0, 0.05) is 23.7 Å². The normalized spacial score (nSPS) is 15.6. The third kappa shape index (κ3) is 3.81. The Hall–Kier alpha value is -2.47. The maximum Gasteiger partial charge on any atom is 0.323 e. The number of carboxylic acid groups (broad SMARTS) is 1. The van der Waals surface area contributed by atoms with Crippen molar-refractivity contribution >= 4 is 22.8 Å². The Morgan fingerprint density at radius 1 is 1.26 bits per heavy atom. The fourth-order valence-corrected chi connectivity index (χ4v) is 3.42. The van der Waals surface area contributed by atoms with Gasteiger partial charge in [0.1, 0.15) is 6.54 Å². The molecule has 6 heteroatoms. The first-order valence-electron chi connectivity index (χ1n) is 9.25. The second-order valence-electron chi connectivity index (χ2n) is 7.97. The van der Waals surface area contributed by atoms with Crippen LogP contribution in [-0.4, -0.2) is 45.6 Å². The van der Waals surface area contributed by atoms with E-state index in [1.165, 1.54) is 4.90 Å². The van der Waals surface area contributed by atoms with Crippen molar-refractivity contribution in [2.45, 2.75) is 51.7 Å². The average molecular weight is 370 g/mol. The van der Waals surface area contributed by atoms with Gasteiger partial charge in [-0.05, 0) is 58.2 Å². The summed E-state index contributed by atoms with van der Waals surface area (Å²) in [6, 6.07) is 7.52. The van der Waals surface area contributed by atoms with Crippen LogP contribution in [0.3, 0.4) is 0 Å². The van der Waals surface area contributed by atoms with Gasteiger partial charge in [0.25, 0.3) is 5.91 Å². The van der Waals surface area contributed by atoms with Gasteiger partial charge < -0.3 is 14.7 Å². The number of nitrogens with zero attached hydrogens (tertiary/aromatic N) is 2. The van der Waals surface area contributed by atoms with Gasteiger partial charge >= 0.3 is 5.97 Å². The number of ether oxygens (including phenoxy) is 1. The molecule has 0 spiro atoms. The molecule has 144 valence electrons. The van der Waals surface area contributed by atoms with Crippen LogP contribution in [0.4, 0.5) is 0 Å². The van der Waals surface area contributed by atoms with Crippen LogP contribution in [0, 0.1) is 0 Å². The van der Waals surface area contributed by atoms with E-state index in [-0.39, 0.29) is 18.1 Å². The number of amides is 1. The molecule has 1 fully saturated rings. The number of hydrogen-bond acceptors (Lipinski definition) is 4. The van der Waals surface area contributed by atoms with Crippen molar-refractivity contribution in [3.05, 3.63) is 41.6 Å². The minimum atomic E-state index is -1.04. The molecule has 0 aliphatic heterocycles. The van der Waals surface area contributed by atoms with Crippen molar-refractivity contribution < 1.29 is 19.4 Å². The third-order valence-corrected chi connectivity index (χ3v) is 4.97. The number of fused-ring (bicyclic) bond motifs is 1. The molecule has 0 radical (unpaired) electrons. The maximum absolute atomic E-state index is 13.1. The van der Waals surface area contributed by atoms with E-state index in [2.05, 4.69) is 4.98 Å². The summed E-state index contributed by atoms with van der Waals surface area (Å²) in [6.07, 6.45) is 3.57. The number of pyridine rings is 1. The van der Waals surface area contributed by atoms with Gasteiger partial charge in [-0.3, -0.25) is 14.6 Å². The van der Waals surface area contributed by atoms with Crippen LogP contribution in [0.15, 0.2) is 30.5 Å². The zero-order chi connectivity index (χ0) is 19.8. The molecule has 3 rings (SSSR count). The van der Waals surface area contributed by atoms with Crippen molar-refractivity contribution in [1.29, 1.82) is 0 Å². The van der Waals surface area contributed by atoms with E-state index < -0.39 is 11.5 Å². The lowest BCUT2D eigenvalue weighted by Crippen LogP contribution is -2.48. The zero-order valence-electron chi connectivity index (χ0n) is 16.3. The molecule has 2 aromatic rings. The van der Waals surface area contributed by atoms with Gasteiger partial charge in [-0.2, -0.15) is 0 Å². The lowest BCUT2D eigenvalue weighted by atomic mass is 9.99. The molecule has 0 bridgehead atoms. The van der Waals surface area contributed by atoms with E-state index in [0.717, 1.165) is 23.8 Å². The molecule has 6 nitrogen and oxygen atoms in total. The molecule has 1 amide bonds. The van der Waals surface area contributed by atoms with E-state index in [1.54, 1.807) is 12.3 Å². The summed E-state index contributed by atoms with van der Waals surface area (Å²) in [4.78, 5) is 30.2. The number of aliphatic carboxylic acids is 1. The van der Waals surface area contributed by atoms with Crippen LogP contribution in [0.2, 0.25) is 0 Å². The molecule has 1 heterocycles. The number of hydrogen-bond donors (Lipinski definition) is 1. The summed E-state index contributed by atoms with van der Waals surface area (Å²) in [5.74, 6) is -1.35. The lowest BCUT2D eigenvalue weighted by molar-refractivity contribution is -0.138. The zero-order valence-corrected chi connectivity index (χ0v) is 16.3. The van der Waals surface area contributed by atoms with Gasteiger partial charge in [-0.25, -0.2) is 0 Å². The van der Waals surface area contributed by atoms with E-state index in [9.17, 15) is 14.7 Å². The number of rotatable bonds is 6. The standard InChI is InChI=1S/C21H26N2O4/c1-5-27-21(9-10-21)14-6-7-15-16(8-11-22-17(15)12-14)19(26)23(13-18(24)25)20(2,3)4/h6-8,11-12H,5,9-10,13H2,1-4H3,(H,24,25). The van der Waals surface area contributed by atoms with E-state index >= 15 is 0 Å². The summed E-state index contributed by atoms with van der Waals surface area (Å²) >= 11 is 0. The number of aromatic nitrogens is 1. The highest BCUT2D eigenvalue weighted by Gasteiger charge is 2.45. The maximum atomic E-state index is 13.1. The molecule has 0 unspecified atom stereocenters. The Morgan fingerprint density at radius 3 is 2.52 bits per heavy atom.